The van der Waals surface area contributed by atoms with Gasteiger partial charge < -0.3 is 10.1 Å². The monoisotopic (exact) mass is 698 g/mol. The molecule has 0 saturated heterocycles. The fraction of sp³-hybridized carbons (Fsp3) is 0.723. The summed E-state index contributed by atoms with van der Waals surface area (Å²) in [4.78, 5) is 13.3. The van der Waals surface area contributed by atoms with Gasteiger partial charge in [0.25, 0.3) is 0 Å². The van der Waals surface area contributed by atoms with E-state index in [1.807, 2.05) is 30.3 Å². The van der Waals surface area contributed by atoms with Crippen LogP contribution in [0.4, 0.5) is 4.39 Å². The summed E-state index contributed by atoms with van der Waals surface area (Å²) in [6.45, 7) is 23.1. The van der Waals surface area contributed by atoms with E-state index in [9.17, 15) is 9.18 Å². The van der Waals surface area contributed by atoms with E-state index in [0.717, 1.165) is 30.9 Å². The molecule has 4 heteroatoms. The molecule has 4 saturated carbocycles. The molecule has 0 aliphatic heterocycles. The number of hydrogen-bond donors (Lipinski definition) is 1. The van der Waals surface area contributed by atoms with Gasteiger partial charge in [-0.25, -0.2) is 4.39 Å². The normalized spacial score (nSPS) is 42.7. The number of hydrogen-bond acceptors (Lipinski definition) is 3. The van der Waals surface area contributed by atoms with E-state index in [2.05, 4.69) is 72.5 Å². The first-order valence-corrected chi connectivity index (χ1v) is 20.8. The molecule has 4 fully saturated rings. The Hall–Kier alpha value is -2.20. The molecular formula is C47H68FNO2. The van der Waals surface area contributed by atoms with E-state index >= 15 is 0 Å². The van der Waals surface area contributed by atoms with Crippen molar-refractivity contribution in [1.82, 2.24) is 5.32 Å². The van der Waals surface area contributed by atoms with E-state index < -0.39 is 18.1 Å². The van der Waals surface area contributed by atoms with Gasteiger partial charge in [0, 0.05) is 5.54 Å². The van der Waals surface area contributed by atoms with Crippen LogP contribution in [0.25, 0.3) is 0 Å². The van der Waals surface area contributed by atoms with Crippen LogP contribution in [0.5, 0.6) is 0 Å². The van der Waals surface area contributed by atoms with Crippen LogP contribution in [0.15, 0.2) is 65.8 Å². The minimum atomic E-state index is -1.07. The summed E-state index contributed by atoms with van der Waals surface area (Å²) >= 11 is 0. The van der Waals surface area contributed by atoms with Gasteiger partial charge >= 0.3 is 5.97 Å². The Bertz CT molecular complexity index is 1560. The molecule has 0 bridgehead atoms. The van der Waals surface area contributed by atoms with E-state index in [4.69, 9.17) is 4.74 Å². The molecule has 6 aliphatic carbocycles. The molecule has 0 amide bonds. The van der Waals surface area contributed by atoms with Gasteiger partial charge in [-0.2, -0.15) is 0 Å². The smallest absolute Gasteiger partial charge is 0.315 e. The second kappa shape index (κ2) is 13.3. The zero-order valence-electron chi connectivity index (χ0n) is 33.1. The number of nitrogens with one attached hydrogen (secondary N) is 1. The van der Waals surface area contributed by atoms with Gasteiger partial charge in [0.2, 0.25) is 0 Å². The third-order valence-electron chi connectivity index (χ3n) is 17.2. The number of carbonyl (C=O) groups excluding carboxylic acids is 1. The molecule has 10 atom stereocenters. The number of alkyl halides is 1. The van der Waals surface area contributed by atoms with E-state index in [1.54, 1.807) is 0 Å². The Morgan fingerprint density at radius 1 is 0.902 bits per heavy atom. The second-order valence-corrected chi connectivity index (χ2v) is 19.7. The Labute approximate surface area is 309 Å². The third-order valence-corrected chi connectivity index (χ3v) is 17.2. The van der Waals surface area contributed by atoms with Crippen LogP contribution in [0.1, 0.15) is 138 Å². The topological polar surface area (TPSA) is 38.3 Å². The molecule has 0 spiro atoms. The Morgan fingerprint density at radius 3 is 2.33 bits per heavy atom. The van der Waals surface area contributed by atoms with Gasteiger partial charge in [-0.1, -0.05) is 96.2 Å². The van der Waals surface area contributed by atoms with Gasteiger partial charge in [0.1, 0.15) is 13.3 Å². The van der Waals surface area contributed by atoms with Gasteiger partial charge in [-0.15, -0.1) is 0 Å². The highest BCUT2D eigenvalue weighted by Crippen LogP contribution is 2.76. The van der Waals surface area contributed by atoms with Gasteiger partial charge in [-0.05, 0) is 165 Å². The lowest BCUT2D eigenvalue weighted by Gasteiger charge is -2.72. The largest absolute Gasteiger partial charge is 0.460 e. The van der Waals surface area contributed by atoms with Crippen molar-refractivity contribution in [3.63, 3.8) is 0 Å². The predicted octanol–water partition coefficient (Wildman–Crippen LogP) is 11.7. The number of allylic oxidation sites excluding steroid dienone is 5. The van der Waals surface area contributed by atoms with E-state index in [0.29, 0.717) is 52.9 Å². The first-order chi connectivity index (χ1) is 24.2. The quantitative estimate of drug-likeness (QED) is 0.206. The van der Waals surface area contributed by atoms with Crippen molar-refractivity contribution in [2.45, 2.75) is 144 Å². The predicted molar refractivity (Wildman–Crippen MR) is 208 cm³/mol. The van der Waals surface area contributed by atoms with E-state index in [1.165, 1.54) is 74.5 Å². The molecular weight excluding hydrogens is 630 g/mol. The van der Waals surface area contributed by atoms with E-state index in [-0.39, 0.29) is 17.4 Å². The van der Waals surface area contributed by atoms with Gasteiger partial charge in [-0.3, -0.25) is 4.79 Å². The summed E-state index contributed by atoms with van der Waals surface area (Å²) in [5.41, 5.74) is 5.36. The first-order valence-electron chi connectivity index (χ1n) is 20.8. The fourth-order valence-corrected chi connectivity index (χ4v) is 14.4. The summed E-state index contributed by atoms with van der Waals surface area (Å²) in [5.74, 6) is 3.04. The lowest BCUT2D eigenvalue weighted by Crippen LogP contribution is -2.68. The summed E-state index contributed by atoms with van der Waals surface area (Å²) in [5, 5.41) is 4.19. The molecule has 6 aliphatic rings. The van der Waals surface area contributed by atoms with Crippen molar-refractivity contribution < 1.29 is 13.9 Å². The zero-order valence-corrected chi connectivity index (χ0v) is 33.1. The molecule has 3 nitrogen and oxygen atoms in total. The molecule has 0 heterocycles. The van der Waals surface area contributed by atoms with Crippen molar-refractivity contribution in [3.05, 3.63) is 71.3 Å². The Kier molecular flexibility index (Phi) is 9.67. The van der Waals surface area contributed by atoms with Crippen LogP contribution in [-0.4, -0.2) is 24.7 Å². The standard InChI is InChI=1S/C47H68FNO2/c1-9-29-49-47-26-19-35(32(2)3)40(47)37-15-16-39-43(6)22-20-36(42(4,5)38(43)21-23-45(39,8)44(37,7)27-28-47)34-17-24-46(31-48,25-18-34)41(50)51-30-33-13-11-10-12-14-33/h10-14,17,20,35,37-40,49H,2,9,15-16,18-19,21-31H2,1,3-8H3/t35-,37+,38-,39+,40+,43-,44+,45+,46-,47-/m0/s1. The number of rotatable bonds is 9. The highest BCUT2D eigenvalue weighted by molar-refractivity contribution is 5.78. The Balaban J connectivity index is 1.13. The number of halogens is 1. The lowest BCUT2D eigenvalue weighted by molar-refractivity contribution is -0.221. The van der Waals surface area contributed by atoms with Crippen molar-refractivity contribution in [1.29, 1.82) is 0 Å². The van der Waals surface area contributed by atoms with Crippen molar-refractivity contribution in [2.75, 3.05) is 13.2 Å². The maximum absolute atomic E-state index is 14.7. The Morgan fingerprint density at radius 2 is 1.67 bits per heavy atom. The molecule has 0 radical (unpaired) electrons. The highest BCUT2D eigenvalue weighted by Gasteiger charge is 2.70. The minimum Gasteiger partial charge on any atom is -0.460 e. The zero-order chi connectivity index (χ0) is 36.5. The highest BCUT2D eigenvalue weighted by atomic mass is 19.1. The van der Waals surface area contributed by atoms with Crippen molar-refractivity contribution in [3.8, 4) is 0 Å². The fourth-order valence-electron chi connectivity index (χ4n) is 14.4. The molecule has 0 aromatic heterocycles. The minimum absolute atomic E-state index is 0.0315. The van der Waals surface area contributed by atoms with Gasteiger partial charge in [0.05, 0.1) is 5.41 Å². The molecule has 1 N–H and O–H groups in total. The molecule has 7 rings (SSSR count). The van der Waals surface area contributed by atoms with Crippen LogP contribution in [-0.2, 0) is 16.1 Å². The van der Waals surface area contributed by atoms with Gasteiger partial charge in [0.15, 0.2) is 0 Å². The number of fused-ring (bicyclic) bond motifs is 7. The van der Waals surface area contributed by atoms with Crippen LogP contribution in [0.2, 0.25) is 0 Å². The summed E-state index contributed by atoms with van der Waals surface area (Å²) in [6, 6.07) is 9.71. The maximum atomic E-state index is 14.7. The van der Waals surface area contributed by atoms with Crippen molar-refractivity contribution in [2.24, 2.45) is 56.7 Å². The van der Waals surface area contributed by atoms with Crippen LogP contribution in [0.3, 0.4) is 0 Å². The molecule has 1 aromatic carbocycles. The molecule has 51 heavy (non-hydrogen) atoms. The number of carbonyl (C=O) groups is 1. The van der Waals surface area contributed by atoms with Crippen LogP contribution >= 0.6 is 0 Å². The second-order valence-electron chi connectivity index (χ2n) is 19.7. The first kappa shape index (κ1) is 37.1. The van der Waals surface area contributed by atoms with Crippen LogP contribution in [0, 0.1) is 56.7 Å². The number of esters is 1. The molecule has 0 unspecified atom stereocenters. The van der Waals surface area contributed by atoms with Crippen molar-refractivity contribution >= 4 is 5.97 Å². The number of ether oxygens (including phenoxy) is 1. The SMILES string of the molecule is C=C(C)[C@@H]1CC[C@]2(NCCC)CC[C@]3(C)[C@H](CC[C@@H]4[C@@]5(C)CC=C(C6=CC[C@](CF)(C(=O)OCc7ccccc7)CC6)C(C)(C)[C@@H]5CC[C@]43C)[C@@H]12. The summed E-state index contributed by atoms with van der Waals surface area (Å²) in [6.07, 6.45) is 19.4. The average Bonchev–Trinajstić information content (AvgIpc) is 3.50. The summed E-state index contributed by atoms with van der Waals surface area (Å²) < 4.78 is 20.4. The molecule has 1 aromatic rings. The lowest BCUT2D eigenvalue weighted by atomic mass is 9.33. The third kappa shape index (κ3) is 5.60. The maximum Gasteiger partial charge on any atom is 0.315 e. The average molecular weight is 698 g/mol. The summed E-state index contributed by atoms with van der Waals surface area (Å²) in [7, 11) is 0. The molecule has 280 valence electrons. The van der Waals surface area contributed by atoms with Crippen LogP contribution < -0.4 is 5.32 Å². The number of benzene rings is 1.